The summed E-state index contributed by atoms with van der Waals surface area (Å²) >= 11 is 1.85. The van der Waals surface area contributed by atoms with Crippen LogP contribution in [0.1, 0.15) is 35.8 Å². The number of carbonyl (C=O) groups excluding carboxylic acids is 1. The molecule has 1 aliphatic heterocycles. The zero-order valence-corrected chi connectivity index (χ0v) is 12.3. The fourth-order valence-corrected chi connectivity index (χ4v) is 3.51. The summed E-state index contributed by atoms with van der Waals surface area (Å²) in [5.74, 6) is 1.77. The Morgan fingerprint density at radius 2 is 2.26 bits per heavy atom. The van der Waals surface area contributed by atoms with E-state index >= 15 is 0 Å². The van der Waals surface area contributed by atoms with E-state index in [1.807, 2.05) is 25.7 Å². The number of thioether (sulfide) groups is 1. The van der Waals surface area contributed by atoms with Gasteiger partial charge in [0.2, 0.25) is 0 Å². The minimum absolute atomic E-state index is 0.142. The predicted octanol–water partition coefficient (Wildman–Crippen LogP) is 0.970. The largest absolute Gasteiger partial charge is 0.388 e. The number of hydrogen-bond donors (Lipinski definition) is 2. The number of rotatable bonds is 4. The molecule has 1 aliphatic rings. The first-order valence-corrected chi connectivity index (χ1v) is 7.80. The molecule has 1 saturated heterocycles. The summed E-state index contributed by atoms with van der Waals surface area (Å²) in [7, 11) is 1.81. The molecule has 0 radical (unpaired) electrons. The molecule has 106 valence electrons. The van der Waals surface area contributed by atoms with Crippen LogP contribution in [0.15, 0.2) is 6.20 Å². The van der Waals surface area contributed by atoms with Crippen LogP contribution in [0.4, 0.5) is 0 Å². The Kier molecular flexibility index (Phi) is 4.52. The molecule has 0 bridgehead atoms. The van der Waals surface area contributed by atoms with E-state index in [-0.39, 0.29) is 5.91 Å². The van der Waals surface area contributed by atoms with Gasteiger partial charge in [0.1, 0.15) is 0 Å². The summed E-state index contributed by atoms with van der Waals surface area (Å²) in [5.41, 5.74) is 0.667. The van der Waals surface area contributed by atoms with Crippen molar-refractivity contribution < 1.29 is 9.90 Å². The molecule has 6 heteroatoms. The zero-order valence-electron chi connectivity index (χ0n) is 11.5. The zero-order chi connectivity index (χ0) is 13.9. The highest BCUT2D eigenvalue weighted by Gasteiger charge is 2.30. The Balaban J connectivity index is 1.97. The molecule has 0 aromatic carbocycles. The second-order valence-corrected chi connectivity index (χ2v) is 6.26. The van der Waals surface area contributed by atoms with Crippen LogP contribution in [0.25, 0.3) is 0 Å². The van der Waals surface area contributed by atoms with Crippen LogP contribution in [0.3, 0.4) is 0 Å². The fourth-order valence-electron chi connectivity index (χ4n) is 2.25. The monoisotopic (exact) mass is 283 g/mol. The van der Waals surface area contributed by atoms with Gasteiger partial charge in [-0.15, -0.1) is 0 Å². The van der Waals surface area contributed by atoms with Crippen molar-refractivity contribution in [3.8, 4) is 0 Å². The quantitative estimate of drug-likeness (QED) is 0.864. The number of aryl methyl sites for hydroxylation is 2. The van der Waals surface area contributed by atoms with Crippen molar-refractivity contribution in [2.45, 2.75) is 31.8 Å². The maximum absolute atomic E-state index is 12.1. The fraction of sp³-hybridized carbons (Fsp3) is 0.692. The minimum Gasteiger partial charge on any atom is -0.388 e. The van der Waals surface area contributed by atoms with E-state index in [4.69, 9.17) is 0 Å². The first-order valence-electron chi connectivity index (χ1n) is 6.65. The number of nitrogens with zero attached hydrogens (tertiary/aromatic N) is 2. The van der Waals surface area contributed by atoms with Crippen molar-refractivity contribution in [1.29, 1.82) is 0 Å². The summed E-state index contributed by atoms with van der Waals surface area (Å²) < 4.78 is 1.65. The normalized spacial score (nSPS) is 18.3. The van der Waals surface area contributed by atoms with Gasteiger partial charge in [-0.25, -0.2) is 0 Å². The lowest BCUT2D eigenvalue weighted by Gasteiger charge is -2.31. The molecular formula is C13H21N3O2S. The molecule has 2 N–H and O–H groups in total. The first kappa shape index (κ1) is 14.4. The molecule has 1 aromatic rings. The van der Waals surface area contributed by atoms with Gasteiger partial charge in [0, 0.05) is 19.8 Å². The van der Waals surface area contributed by atoms with Gasteiger partial charge in [-0.3, -0.25) is 9.48 Å². The number of hydrogen-bond acceptors (Lipinski definition) is 4. The lowest BCUT2D eigenvalue weighted by molar-refractivity contribution is 0.0311. The SMILES string of the molecule is CCc1nn(C)cc1C(=O)NCC1(O)CCSCC1. The average molecular weight is 283 g/mol. The van der Waals surface area contributed by atoms with Crippen LogP contribution >= 0.6 is 11.8 Å². The lowest BCUT2D eigenvalue weighted by atomic mass is 9.97. The second kappa shape index (κ2) is 5.96. The van der Waals surface area contributed by atoms with Gasteiger partial charge in [-0.1, -0.05) is 6.92 Å². The molecule has 0 atom stereocenters. The van der Waals surface area contributed by atoms with Gasteiger partial charge in [0.25, 0.3) is 5.91 Å². The Bertz CT molecular complexity index is 453. The Labute approximate surface area is 117 Å². The lowest BCUT2D eigenvalue weighted by Crippen LogP contribution is -2.45. The summed E-state index contributed by atoms with van der Waals surface area (Å²) in [6.07, 6.45) is 3.94. The Morgan fingerprint density at radius 1 is 1.58 bits per heavy atom. The van der Waals surface area contributed by atoms with Crippen LogP contribution in [0.2, 0.25) is 0 Å². The van der Waals surface area contributed by atoms with Crippen molar-refractivity contribution in [3.63, 3.8) is 0 Å². The van der Waals surface area contributed by atoms with E-state index in [9.17, 15) is 9.90 Å². The topological polar surface area (TPSA) is 67.2 Å². The molecule has 0 saturated carbocycles. The molecule has 0 spiro atoms. The van der Waals surface area contributed by atoms with E-state index in [1.165, 1.54) is 0 Å². The Morgan fingerprint density at radius 3 is 2.89 bits per heavy atom. The van der Waals surface area contributed by atoms with Gasteiger partial charge < -0.3 is 10.4 Å². The summed E-state index contributed by atoms with van der Waals surface area (Å²) in [6, 6.07) is 0. The van der Waals surface area contributed by atoms with Gasteiger partial charge in [-0.05, 0) is 30.8 Å². The smallest absolute Gasteiger partial charge is 0.254 e. The number of aliphatic hydroxyl groups is 1. The minimum atomic E-state index is -0.741. The molecule has 1 amide bonds. The molecule has 5 nitrogen and oxygen atoms in total. The Hall–Kier alpha value is -1.01. The van der Waals surface area contributed by atoms with Crippen molar-refractivity contribution in [3.05, 3.63) is 17.5 Å². The third-order valence-corrected chi connectivity index (χ3v) is 4.47. The van der Waals surface area contributed by atoms with E-state index in [2.05, 4.69) is 10.4 Å². The van der Waals surface area contributed by atoms with E-state index < -0.39 is 5.60 Å². The summed E-state index contributed by atoms with van der Waals surface area (Å²) in [6.45, 7) is 2.30. The van der Waals surface area contributed by atoms with Gasteiger partial charge in [0.15, 0.2) is 0 Å². The molecule has 2 heterocycles. The van der Waals surface area contributed by atoms with Crippen LogP contribution in [-0.2, 0) is 13.5 Å². The number of aromatic nitrogens is 2. The highest BCUT2D eigenvalue weighted by Crippen LogP contribution is 2.26. The van der Waals surface area contributed by atoms with Crippen molar-refractivity contribution in [2.24, 2.45) is 7.05 Å². The van der Waals surface area contributed by atoms with E-state index in [0.29, 0.717) is 12.1 Å². The second-order valence-electron chi connectivity index (χ2n) is 5.04. The maximum Gasteiger partial charge on any atom is 0.254 e. The van der Waals surface area contributed by atoms with E-state index in [1.54, 1.807) is 10.9 Å². The van der Waals surface area contributed by atoms with Crippen LogP contribution in [-0.4, -0.2) is 44.4 Å². The van der Waals surface area contributed by atoms with Crippen molar-refractivity contribution in [2.75, 3.05) is 18.1 Å². The highest BCUT2D eigenvalue weighted by atomic mass is 32.2. The molecule has 1 aromatic heterocycles. The van der Waals surface area contributed by atoms with Crippen LogP contribution in [0, 0.1) is 0 Å². The molecular weight excluding hydrogens is 262 g/mol. The number of carbonyl (C=O) groups is 1. The molecule has 0 unspecified atom stereocenters. The number of amides is 1. The molecule has 1 fully saturated rings. The molecule has 2 rings (SSSR count). The molecule has 19 heavy (non-hydrogen) atoms. The van der Waals surface area contributed by atoms with Crippen molar-refractivity contribution >= 4 is 17.7 Å². The van der Waals surface area contributed by atoms with Gasteiger partial charge in [0.05, 0.1) is 16.9 Å². The van der Waals surface area contributed by atoms with Gasteiger partial charge >= 0.3 is 0 Å². The summed E-state index contributed by atoms with van der Waals surface area (Å²) in [5, 5.41) is 17.4. The summed E-state index contributed by atoms with van der Waals surface area (Å²) in [4.78, 5) is 12.1. The van der Waals surface area contributed by atoms with E-state index in [0.717, 1.165) is 36.5 Å². The van der Waals surface area contributed by atoms with Crippen LogP contribution in [0.5, 0.6) is 0 Å². The third-order valence-electron chi connectivity index (χ3n) is 3.49. The highest BCUT2D eigenvalue weighted by molar-refractivity contribution is 7.99. The van der Waals surface area contributed by atoms with Crippen molar-refractivity contribution in [1.82, 2.24) is 15.1 Å². The number of nitrogens with one attached hydrogen (secondary N) is 1. The third kappa shape index (κ3) is 3.51. The molecule has 0 aliphatic carbocycles. The maximum atomic E-state index is 12.1. The average Bonchev–Trinajstić information content (AvgIpc) is 2.78. The van der Waals surface area contributed by atoms with Crippen LogP contribution < -0.4 is 5.32 Å². The predicted molar refractivity (Wildman–Crippen MR) is 76.4 cm³/mol. The van der Waals surface area contributed by atoms with Gasteiger partial charge in [-0.2, -0.15) is 16.9 Å². The standard InChI is InChI=1S/C13H21N3O2S/c1-3-11-10(8-16(2)15-11)12(17)14-9-13(18)4-6-19-7-5-13/h8,18H,3-7,9H2,1-2H3,(H,14,17). The first-order chi connectivity index (χ1) is 9.04.